The number of unbranched alkanes of at least 4 members (excludes halogenated alkanes) is 3. The van der Waals surface area contributed by atoms with Crippen LogP contribution in [0.15, 0.2) is 40.3 Å². The van der Waals surface area contributed by atoms with Crippen LogP contribution in [0.5, 0.6) is 0 Å². The van der Waals surface area contributed by atoms with Gasteiger partial charge in [0.2, 0.25) is 0 Å². The summed E-state index contributed by atoms with van der Waals surface area (Å²) in [4.78, 5) is 23.4. The molecule has 0 saturated carbocycles. The van der Waals surface area contributed by atoms with Gasteiger partial charge >= 0.3 is 0 Å². The summed E-state index contributed by atoms with van der Waals surface area (Å²) in [5.74, 6) is 0.999. The van der Waals surface area contributed by atoms with Crippen molar-refractivity contribution >= 4 is 33.3 Å². The van der Waals surface area contributed by atoms with Gasteiger partial charge in [0.15, 0.2) is 5.16 Å². The van der Waals surface area contributed by atoms with E-state index in [1.165, 1.54) is 29.7 Å². The molecule has 3 heterocycles. The predicted octanol–water partition coefficient (Wildman–Crippen LogP) is 5.50. The van der Waals surface area contributed by atoms with Crippen molar-refractivity contribution in [3.8, 4) is 5.69 Å². The van der Waals surface area contributed by atoms with Gasteiger partial charge in [-0.25, -0.2) is 4.98 Å². The third-order valence-corrected chi connectivity index (χ3v) is 7.75. The fourth-order valence-electron chi connectivity index (χ4n) is 3.94. The zero-order valence-electron chi connectivity index (χ0n) is 17.3. The van der Waals surface area contributed by atoms with E-state index in [1.807, 2.05) is 34.9 Å². The van der Waals surface area contributed by atoms with Crippen LogP contribution in [0, 0.1) is 0 Å². The largest absolute Gasteiger partial charge is 0.298 e. The van der Waals surface area contributed by atoms with Gasteiger partial charge in [0.05, 0.1) is 11.1 Å². The molecule has 1 aromatic carbocycles. The van der Waals surface area contributed by atoms with Gasteiger partial charge in [0.1, 0.15) is 4.83 Å². The van der Waals surface area contributed by atoms with Gasteiger partial charge in [-0.2, -0.15) is 0 Å². The van der Waals surface area contributed by atoms with E-state index in [4.69, 9.17) is 4.98 Å². The first-order valence-electron chi connectivity index (χ1n) is 10.7. The van der Waals surface area contributed by atoms with E-state index >= 15 is 0 Å². The van der Waals surface area contributed by atoms with Gasteiger partial charge < -0.3 is 0 Å². The van der Waals surface area contributed by atoms with Gasteiger partial charge in [-0.15, -0.1) is 11.3 Å². The smallest absolute Gasteiger partial charge is 0.267 e. The van der Waals surface area contributed by atoms with Gasteiger partial charge in [-0.05, 0) is 37.1 Å². The third kappa shape index (κ3) is 4.30. The molecule has 1 aliphatic rings. The molecule has 0 atom stereocenters. The number of hydrogen-bond donors (Lipinski definition) is 0. The monoisotopic (exact) mass is 427 g/mol. The Hall–Kier alpha value is -1.63. The number of thioether (sulfide) groups is 1. The molecule has 1 aliphatic heterocycles. The second-order valence-corrected chi connectivity index (χ2v) is 9.73. The number of aromatic nitrogens is 2. The van der Waals surface area contributed by atoms with Crippen molar-refractivity contribution in [1.82, 2.24) is 14.5 Å². The molecule has 0 unspecified atom stereocenters. The second-order valence-electron chi connectivity index (χ2n) is 7.58. The molecule has 0 N–H and O–H groups in total. The maximum atomic E-state index is 13.7. The molecule has 6 heteroatoms. The Kier molecular flexibility index (Phi) is 6.73. The Morgan fingerprint density at radius 2 is 1.97 bits per heavy atom. The van der Waals surface area contributed by atoms with Crippen molar-refractivity contribution < 1.29 is 0 Å². The second kappa shape index (κ2) is 9.45. The lowest BCUT2D eigenvalue weighted by Gasteiger charge is -2.25. The van der Waals surface area contributed by atoms with Crippen molar-refractivity contribution in [2.24, 2.45) is 0 Å². The first-order chi connectivity index (χ1) is 14.2. The van der Waals surface area contributed by atoms with E-state index in [1.54, 1.807) is 23.1 Å². The SMILES string of the molecule is CCCCCCSc1nc2sc3c(c2c(=O)n1-c1ccccc1)CCN(CC)C3. The molecule has 0 spiro atoms. The normalized spacial score (nSPS) is 14.4. The summed E-state index contributed by atoms with van der Waals surface area (Å²) < 4.78 is 1.84. The van der Waals surface area contributed by atoms with Crippen LogP contribution in [0.3, 0.4) is 0 Å². The van der Waals surface area contributed by atoms with Crippen molar-refractivity contribution in [2.45, 2.75) is 57.7 Å². The van der Waals surface area contributed by atoms with Crippen LogP contribution in [-0.4, -0.2) is 33.3 Å². The van der Waals surface area contributed by atoms with Crippen LogP contribution < -0.4 is 5.56 Å². The Balaban J connectivity index is 1.77. The van der Waals surface area contributed by atoms with Crippen LogP contribution in [0.1, 0.15) is 50.0 Å². The maximum absolute atomic E-state index is 13.7. The quantitative estimate of drug-likeness (QED) is 0.270. The topological polar surface area (TPSA) is 38.1 Å². The van der Waals surface area contributed by atoms with Crippen molar-refractivity contribution in [3.05, 3.63) is 51.1 Å². The summed E-state index contributed by atoms with van der Waals surface area (Å²) in [6.07, 6.45) is 5.84. The highest BCUT2D eigenvalue weighted by molar-refractivity contribution is 7.99. The van der Waals surface area contributed by atoms with E-state index in [2.05, 4.69) is 18.7 Å². The minimum atomic E-state index is 0.0970. The summed E-state index contributed by atoms with van der Waals surface area (Å²) in [7, 11) is 0. The zero-order valence-corrected chi connectivity index (χ0v) is 19.0. The molecular weight excluding hydrogens is 398 g/mol. The van der Waals surface area contributed by atoms with Crippen molar-refractivity contribution in [2.75, 3.05) is 18.8 Å². The fourth-order valence-corrected chi connectivity index (χ4v) is 6.26. The fraction of sp³-hybridized carbons (Fsp3) is 0.478. The van der Waals surface area contributed by atoms with E-state index in [-0.39, 0.29) is 5.56 Å². The van der Waals surface area contributed by atoms with Crippen LogP contribution in [-0.2, 0) is 13.0 Å². The Morgan fingerprint density at radius 3 is 2.72 bits per heavy atom. The lowest BCUT2D eigenvalue weighted by molar-refractivity contribution is 0.272. The summed E-state index contributed by atoms with van der Waals surface area (Å²) >= 11 is 3.44. The summed E-state index contributed by atoms with van der Waals surface area (Å²) in [6.45, 7) is 7.44. The number of benzene rings is 1. The molecule has 4 nitrogen and oxygen atoms in total. The minimum absolute atomic E-state index is 0.0970. The first kappa shape index (κ1) is 20.6. The van der Waals surface area contributed by atoms with Gasteiger partial charge in [0.25, 0.3) is 5.56 Å². The number of para-hydroxylation sites is 1. The van der Waals surface area contributed by atoms with E-state index in [0.717, 1.165) is 59.3 Å². The highest BCUT2D eigenvalue weighted by atomic mass is 32.2. The lowest BCUT2D eigenvalue weighted by atomic mass is 10.1. The van der Waals surface area contributed by atoms with Gasteiger partial charge in [-0.1, -0.05) is 63.1 Å². The number of hydrogen-bond acceptors (Lipinski definition) is 5. The first-order valence-corrected chi connectivity index (χ1v) is 12.5. The Labute approximate surface area is 181 Å². The Morgan fingerprint density at radius 1 is 1.14 bits per heavy atom. The van der Waals surface area contributed by atoms with Gasteiger partial charge in [0, 0.05) is 23.7 Å². The Bertz CT molecular complexity index is 1030. The molecule has 0 radical (unpaired) electrons. The van der Waals surface area contributed by atoms with E-state index < -0.39 is 0 Å². The lowest BCUT2D eigenvalue weighted by Crippen LogP contribution is -2.30. The maximum Gasteiger partial charge on any atom is 0.267 e. The molecule has 154 valence electrons. The average Bonchev–Trinajstić information content (AvgIpc) is 3.12. The molecule has 3 aromatic rings. The molecule has 4 rings (SSSR count). The molecule has 0 saturated heterocycles. The summed E-state index contributed by atoms with van der Waals surface area (Å²) in [6, 6.07) is 9.99. The number of fused-ring (bicyclic) bond motifs is 3. The molecule has 29 heavy (non-hydrogen) atoms. The summed E-state index contributed by atoms with van der Waals surface area (Å²) in [5, 5.41) is 1.68. The number of thiophene rings is 1. The predicted molar refractivity (Wildman–Crippen MR) is 125 cm³/mol. The van der Waals surface area contributed by atoms with Crippen molar-refractivity contribution in [3.63, 3.8) is 0 Å². The molecule has 0 bridgehead atoms. The van der Waals surface area contributed by atoms with Crippen LogP contribution in [0.4, 0.5) is 0 Å². The van der Waals surface area contributed by atoms with Crippen LogP contribution in [0.2, 0.25) is 0 Å². The number of rotatable bonds is 8. The zero-order chi connectivity index (χ0) is 20.2. The van der Waals surface area contributed by atoms with E-state index in [0.29, 0.717) is 0 Å². The average molecular weight is 428 g/mol. The highest BCUT2D eigenvalue weighted by Gasteiger charge is 2.25. The molecule has 2 aromatic heterocycles. The number of likely N-dealkylation sites (N-methyl/N-ethyl adjacent to an activating group) is 1. The van der Waals surface area contributed by atoms with Crippen LogP contribution >= 0.6 is 23.1 Å². The van der Waals surface area contributed by atoms with Crippen molar-refractivity contribution in [1.29, 1.82) is 0 Å². The highest BCUT2D eigenvalue weighted by Crippen LogP contribution is 2.34. The molecular formula is C23H29N3OS2. The molecule has 0 amide bonds. The molecule has 0 aliphatic carbocycles. The number of nitrogens with zero attached hydrogens (tertiary/aromatic N) is 3. The standard InChI is InChI=1S/C23H29N3OS2/c1-3-5-6-10-15-28-23-24-21-20(18-13-14-25(4-2)16-19(18)29-21)22(27)26(23)17-11-8-7-9-12-17/h7-9,11-12H,3-6,10,13-16H2,1-2H3. The summed E-state index contributed by atoms with van der Waals surface area (Å²) in [5.41, 5.74) is 2.24. The molecule has 0 fully saturated rings. The van der Waals surface area contributed by atoms with Gasteiger partial charge in [-0.3, -0.25) is 14.3 Å². The van der Waals surface area contributed by atoms with E-state index in [9.17, 15) is 4.79 Å². The third-order valence-electron chi connectivity index (χ3n) is 5.61. The van der Waals surface area contributed by atoms with Crippen LogP contribution in [0.25, 0.3) is 15.9 Å². The minimum Gasteiger partial charge on any atom is -0.298 e.